The number of carbonyl (C=O) groups is 1. The number of hydrogen-bond donors (Lipinski definition) is 1. The Bertz CT molecular complexity index is 462. The van der Waals surface area contributed by atoms with Crippen LogP contribution in [0.2, 0.25) is 0 Å². The van der Waals surface area contributed by atoms with Crippen LogP contribution in [0.4, 0.5) is 18.0 Å². The number of halogens is 3. The molecule has 0 aromatic heterocycles. The van der Waals surface area contributed by atoms with Crippen LogP contribution in [0.3, 0.4) is 0 Å². The van der Waals surface area contributed by atoms with E-state index in [1.807, 2.05) is 5.32 Å². The third-order valence-corrected chi connectivity index (χ3v) is 2.62. The lowest BCUT2D eigenvalue weighted by Gasteiger charge is -2.32. The van der Waals surface area contributed by atoms with Crippen LogP contribution < -0.4 is 5.32 Å². The zero-order valence-corrected chi connectivity index (χ0v) is 8.97. The van der Waals surface area contributed by atoms with Crippen molar-refractivity contribution in [1.82, 2.24) is 5.32 Å². The van der Waals surface area contributed by atoms with E-state index in [1.165, 1.54) is 13.0 Å². The molecule has 1 aliphatic rings. The van der Waals surface area contributed by atoms with Crippen molar-refractivity contribution in [3.63, 3.8) is 0 Å². The quantitative estimate of drug-likeness (QED) is 0.825. The van der Waals surface area contributed by atoms with Crippen LogP contribution in [-0.4, -0.2) is 18.6 Å². The van der Waals surface area contributed by atoms with Crippen molar-refractivity contribution in [2.75, 3.05) is 6.61 Å². The van der Waals surface area contributed by atoms with Crippen molar-refractivity contribution in [3.8, 4) is 0 Å². The number of benzene rings is 1. The number of alkyl carbamates (subject to hydrolysis) is 1. The summed E-state index contributed by atoms with van der Waals surface area (Å²) in [5.41, 5.74) is 0.546. The second kappa shape index (κ2) is 3.94. The van der Waals surface area contributed by atoms with E-state index in [4.69, 9.17) is 0 Å². The SMILES string of the molecule is Cc1cc(F)ccc1[C@H]1NC(=O)OCC1(F)F. The molecule has 0 saturated carbocycles. The molecule has 1 amide bonds. The molecule has 3 nitrogen and oxygen atoms in total. The largest absolute Gasteiger partial charge is 0.443 e. The summed E-state index contributed by atoms with van der Waals surface area (Å²) in [4.78, 5) is 11.0. The summed E-state index contributed by atoms with van der Waals surface area (Å²) in [6.07, 6.45) is -0.898. The number of rotatable bonds is 1. The summed E-state index contributed by atoms with van der Waals surface area (Å²) in [7, 11) is 0. The Morgan fingerprint density at radius 2 is 2.18 bits per heavy atom. The van der Waals surface area contributed by atoms with E-state index in [0.717, 1.165) is 12.1 Å². The maximum absolute atomic E-state index is 13.6. The Labute approximate surface area is 95.6 Å². The fourth-order valence-electron chi connectivity index (χ4n) is 1.78. The fraction of sp³-hybridized carbons (Fsp3) is 0.364. The van der Waals surface area contributed by atoms with Gasteiger partial charge in [-0.1, -0.05) is 6.07 Å². The van der Waals surface area contributed by atoms with Gasteiger partial charge in [-0.3, -0.25) is 0 Å². The highest BCUT2D eigenvalue weighted by Crippen LogP contribution is 2.35. The summed E-state index contributed by atoms with van der Waals surface area (Å²) < 4.78 is 44.3. The Morgan fingerprint density at radius 3 is 2.82 bits per heavy atom. The van der Waals surface area contributed by atoms with Crippen molar-refractivity contribution < 1.29 is 22.7 Å². The predicted molar refractivity (Wildman–Crippen MR) is 53.3 cm³/mol. The number of ether oxygens (including phenoxy) is 1. The molecule has 2 rings (SSSR count). The molecule has 17 heavy (non-hydrogen) atoms. The Hall–Kier alpha value is -1.72. The molecule has 1 aromatic carbocycles. The van der Waals surface area contributed by atoms with Gasteiger partial charge in [-0.15, -0.1) is 0 Å². The molecule has 1 heterocycles. The molecular weight excluding hydrogens is 235 g/mol. The van der Waals surface area contributed by atoms with Gasteiger partial charge >= 0.3 is 12.0 Å². The second-order valence-electron chi connectivity index (χ2n) is 3.92. The van der Waals surface area contributed by atoms with Crippen molar-refractivity contribution >= 4 is 6.09 Å². The van der Waals surface area contributed by atoms with Crippen LogP contribution in [0.1, 0.15) is 17.2 Å². The number of hydrogen-bond acceptors (Lipinski definition) is 2. The molecule has 6 heteroatoms. The van der Waals surface area contributed by atoms with E-state index in [0.29, 0.717) is 5.56 Å². The standard InChI is InChI=1S/C11H10F3NO2/c1-6-4-7(12)2-3-8(6)9-11(13,14)5-17-10(16)15-9/h2-4,9H,5H2,1H3,(H,15,16)/t9-/m1/s1. The maximum atomic E-state index is 13.6. The van der Waals surface area contributed by atoms with Crippen LogP contribution in [0, 0.1) is 12.7 Å². The van der Waals surface area contributed by atoms with E-state index in [9.17, 15) is 18.0 Å². The lowest BCUT2D eigenvalue weighted by Crippen LogP contribution is -2.49. The molecule has 1 aromatic rings. The van der Waals surface area contributed by atoms with E-state index in [1.54, 1.807) is 0 Å². The highest BCUT2D eigenvalue weighted by molar-refractivity contribution is 5.69. The summed E-state index contributed by atoms with van der Waals surface area (Å²) in [5.74, 6) is -3.72. The first-order valence-electron chi connectivity index (χ1n) is 4.97. The first-order valence-corrected chi connectivity index (χ1v) is 4.97. The predicted octanol–water partition coefficient (Wildman–Crippen LogP) is 2.55. The fourth-order valence-corrected chi connectivity index (χ4v) is 1.78. The first-order chi connectivity index (χ1) is 7.90. The Morgan fingerprint density at radius 1 is 1.47 bits per heavy atom. The van der Waals surface area contributed by atoms with Crippen molar-refractivity contribution in [2.45, 2.75) is 18.9 Å². The topological polar surface area (TPSA) is 38.3 Å². The molecule has 0 unspecified atom stereocenters. The van der Waals surface area contributed by atoms with Crippen molar-refractivity contribution in [2.24, 2.45) is 0 Å². The number of cyclic esters (lactones) is 1. The van der Waals surface area contributed by atoms with Crippen LogP contribution in [0.15, 0.2) is 18.2 Å². The summed E-state index contributed by atoms with van der Waals surface area (Å²) in [6, 6.07) is 1.99. The minimum atomic E-state index is -3.21. The van der Waals surface area contributed by atoms with E-state index < -0.39 is 30.5 Å². The van der Waals surface area contributed by atoms with Gasteiger partial charge in [-0.2, -0.15) is 0 Å². The zero-order valence-electron chi connectivity index (χ0n) is 8.97. The average Bonchev–Trinajstić information content (AvgIpc) is 2.23. The monoisotopic (exact) mass is 245 g/mol. The lowest BCUT2D eigenvalue weighted by atomic mass is 9.96. The lowest BCUT2D eigenvalue weighted by molar-refractivity contribution is -0.104. The molecule has 1 N–H and O–H groups in total. The molecule has 0 bridgehead atoms. The van der Waals surface area contributed by atoms with Crippen molar-refractivity contribution in [3.05, 3.63) is 35.1 Å². The zero-order chi connectivity index (χ0) is 12.6. The van der Waals surface area contributed by atoms with Gasteiger partial charge in [0.05, 0.1) is 0 Å². The van der Waals surface area contributed by atoms with Gasteiger partial charge in [-0.05, 0) is 30.2 Å². The average molecular weight is 245 g/mol. The molecule has 1 aliphatic heterocycles. The summed E-state index contributed by atoms with van der Waals surface area (Å²) >= 11 is 0. The molecule has 1 fully saturated rings. The van der Waals surface area contributed by atoms with Crippen LogP contribution >= 0.6 is 0 Å². The van der Waals surface area contributed by atoms with Gasteiger partial charge < -0.3 is 10.1 Å². The molecule has 1 atom stereocenters. The first kappa shape index (κ1) is 11.8. The minimum absolute atomic E-state index is 0.188. The number of nitrogens with one attached hydrogen (secondary N) is 1. The summed E-state index contributed by atoms with van der Waals surface area (Å²) in [6.45, 7) is 0.538. The molecular formula is C11H10F3NO2. The van der Waals surface area contributed by atoms with E-state index >= 15 is 0 Å². The van der Waals surface area contributed by atoms with Gasteiger partial charge in [0.25, 0.3) is 0 Å². The van der Waals surface area contributed by atoms with Gasteiger partial charge in [0, 0.05) is 0 Å². The highest BCUT2D eigenvalue weighted by Gasteiger charge is 2.47. The highest BCUT2D eigenvalue weighted by atomic mass is 19.3. The number of amides is 1. The van der Waals surface area contributed by atoms with Crippen LogP contribution in [0.5, 0.6) is 0 Å². The number of carbonyl (C=O) groups excluding carboxylic acids is 1. The van der Waals surface area contributed by atoms with Gasteiger partial charge in [0.2, 0.25) is 0 Å². The van der Waals surface area contributed by atoms with Crippen molar-refractivity contribution in [1.29, 1.82) is 0 Å². The van der Waals surface area contributed by atoms with E-state index in [-0.39, 0.29) is 5.56 Å². The third-order valence-electron chi connectivity index (χ3n) is 2.62. The molecule has 0 radical (unpaired) electrons. The molecule has 1 saturated heterocycles. The minimum Gasteiger partial charge on any atom is -0.443 e. The van der Waals surface area contributed by atoms with Crippen LogP contribution in [-0.2, 0) is 4.74 Å². The number of aryl methyl sites for hydroxylation is 1. The van der Waals surface area contributed by atoms with Gasteiger partial charge in [0.15, 0.2) is 6.61 Å². The normalized spacial score (nSPS) is 22.8. The number of alkyl halides is 2. The smallest absolute Gasteiger partial charge is 0.408 e. The van der Waals surface area contributed by atoms with Gasteiger partial charge in [-0.25, -0.2) is 18.0 Å². The second-order valence-corrected chi connectivity index (χ2v) is 3.92. The van der Waals surface area contributed by atoms with Crippen LogP contribution in [0.25, 0.3) is 0 Å². The molecule has 92 valence electrons. The van der Waals surface area contributed by atoms with E-state index in [2.05, 4.69) is 4.74 Å². The Kier molecular flexibility index (Phi) is 2.73. The Balaban J connectivity index is 2.39. The molecule has 0 aliphatic carbocycles. The third kappa shape index (κ3) is 2.20. The molecule has 0 spiro atoms. The maximum Gasteiger partial charge on any atom is 0.408 e. The van der Waals surface area contributed by atoms with Gasteiger partial charge in [0.1, 0.15) is 11.9 Å². The summed E-state index contributed by atoms with van der Waals surface area (Å²) in [5, 5.41) is 2.05.